The van der Waals surface area contributed by atoms with Gasteiger partial charge in [-0.3, -0.25) is 19.3 Å². The smallest absolute Gasteiger partial charge is 0.261 e. The third-order valence-electron chi connectivity index (χ3n) is 6.64. The number of benzene rings is 2. The summed E-state index contributed by atoms with van der Waals surface area (Å²) in [6.45, 7) is 6.59. The summed E-state index contributed by atoms with van der Waals surface area (Å²) in [6, 6.07) is 9.14. The number of nitrogens with zero attached hydrogens (tertiary/aromatic N) is 2. The zero-order valence-electron chi connectivity index (χ0n) is 22.0. The first-order valence-corrected chi connectivity index (χ1v) is 15.7. The molecule has 206 valence electrons. The van der Waals surface area contributed by atoms with Crippen LogP contribution in [0, 0.1) is 0 Å². The fraction of sp³-hybridized carbons (Fsp3) is 0.536. The second kappa shape index (κ2) is 14.8. The monoisotopic (exact) mass is 559 g/mol. The minimum atomic E-state index is -0.248. The van der Waals surface area contributed by atoms with E-state index in [4.69, 9.17) is 9.47 Å². The predicted molar refractivity (Wildman–Crippen MR) is 156 cm³/mol. The van der Waals surface area contributed by atoms with Crippen LogP contribution in [0.1, 0.15) is 40.5 Å². The van der Waals surface area contributed by atoms with E-state index >= 15 is 0 Å². The van der Waals surface area contributed by atoms with Crippen molar-refractivity contribution < 1.29 is 23.9 Å². The summed E-state index contributed by atoms with van der Waals surface area (Å²) in [4.78, 5) is 42.8. The maximum atomic E-state index is 13.2. The standard InChI is InChI=1S/C28H37N3O5S2/c1-2-3-9-31-27(33)22-6-4-5-21-24(8-7-23(26(21)22)28(31)34)29-20-25(32)30-10-16-37-18-14-35-12-13-36-15-19-38-17-11-30/h4-8,29H,2-3,9-20H2,1H3. The molecule has 4 rings (SSSR count). The SMILES string of the molecule is CCCCN1C(=O)c2cccc3c(NCC(=O)N4CCSCCOCCOCCSCC4)ccc(c23)C1=O. The van der Waals surface area contributed by atoms with Gasteiger partial charge in [-0.15, -0.1) is 0 Å². The number of rotatable bonds is 6. The molecule has 10 heteroatoms. The molecule has 0 bridgehead atoms. The Balaban J connectivity index is 1.44. The normalized spacial score (nSPS) is 18.2. The third kappa shape index (κ3) is 7.22. The number of carbonyl (C=O) groups is 3. The summed E-state index contributed by atoms with van der Waals surface area (Å²) in [5, 5.41) is 4.75. The van der Waals surface area contributed by atoms with Crippen LogP contribution in [0.3, 0.4) is 0 Å². The summed E-state index contributed by atoms with van der Waals surface area (Å²) >= 11 is 3.57. The first-order valence-electron chi connectivity index (χ1n) is 13.4. The number of anilines is 1. The van der Waals surface area contributed by atoms with Gasteiger partial charge in [0.15, 0.2) is 0 Å². The quantitative estimate of drug-likeness (QED) is 0.532. The number of amides is 3. The van der Waals surface area contributed by atoms with Gasteiger partial charge in [-0.25, -0.2) is 0 Å². The average Bonchev–Trinajstić information content (AvgIpc) is 2.94. The Kier molecular flexibility index (Phi) is 11.2. The van der Waals surface area contributed by atoms with Gasteiger partial charge in [-0.2, -0.15) is 23.5 Å². The maximum absolute atomic E-state index is 13.2. The number of imide groups is 1. The highest BCUT2D eigenvalue weighted by atomic mass is 32.2. The highest BCUT2D eigenvalue weighted by Crippen LogP contribution is 2.34. The molecule has 2 heterocycles. The molecule has 2 aliphatic heterocycles. The molecule has 8 nitrogen and oxygen atoms in total. The molecular weight excluding hydrogens is 522 g/mol. The van der Waals surface area contributed by atoms with Gasteiger partial charge in [-0.05, 0) is 24.6 Å². The van der Waals surface area contributed by atoms with Crippen LogP contribution in [0.4, 0.5) is 5.69 Å². The summed E-state index contributed by atoms with van der Waals surface area (Å²) in [6.07, 6.45) is 1.68. The molecule has 1 fully saturated rings. The lowest BCUT2D eigenvalue weighted by Crippen LogP contribution is -2.41. The van der Waals surface area contributed by atoms with E-state index in [1.165, 1.54) is 4.90 Å². The molecule has 2 aliphatic rings. The van der Waals surface area contributed by atoms with Crippen molar-refractivity contribution in [2.24, 2.45) is 0 Å². The third-order valence-corrected chi connectivity index (χ3v) is 8.49. The van der Waals surface area contributed by atoms with Crippen LogP contribution in [-0.4, -0.2) is 103 Å². The van der Waals surface area contributed by atoms with Crippen LogP contribution in [0.5, 0.6) is 0 Å². The lowest BCUT2D eigenvalue weighted by molar-refractivity contribution is -0.128. The molecule has 2 aromatic rings. The number of carbonyl (C=O) groups excluding carboxylic acids is 3. The Morgan fingerprint density at radius 1 is 0.895 bits per heavy atom. The number of hydrogen-bond acceptors (Lipinski definition) is 8. The van der Waals surface area contributed by atoms with Gasteiger partial charge in [-0.1, -0.05) is 25.5 Å². The molecule has 1 N–H and O–H groups in total. The van der Waals surface area contributed by atoms with Crippen molar-refractivity contribution in [3.05, 3.63) is 41.5 Å². The Labute approximate surface area is 233 Å². The number of ether oxygens (including phenoxy) is 2. The van der Waals surface area contributed by atoms with Crippen molar-refractivity contribution in [2.45, 2.75) is 19.8 Å². The Morgan fingerprint density at radius 2 is 1.55 bits per heavy atom. The molecule has 3 amide bonds. The Morgan fingerprint density at radius 3 is 2.21 bits per heavy atom. The molecule has 0 aromatic heterocycles. The largest absolute Gasteiger partial charge is 0.378 e. The lowest BCUT2D eigenvalue weighted by Gasteiger charge is -2.28. The summed E-state index contributed by atoms with van der Waals surface area (Å²) in [7, 11) is 0. The first kappa shape index (κ1) is 28.7. The fourth-order valence-electron chi connectivity index (χ4n) is 4.57. The van der Waals surface area contributed by atoms with Crippen LogP contribution in [0.15, 0.2) is 30.3 Å². The fourth-order valence-corrected chi connectivity index (χ4v) is 6.15. The van der Waals surface area contributed by atoms with Gasteiger partial charge in [0.2, 0.25) is 5.91 Å². The van der Waals surface area contributed by atoms with E-state index in [9.17, 15) is 14.4 Å². The van der Waals surface area contributed by atoms with Gasteiger partial charge in [0.05, 0.1) is 33.0 Å². The molecule has 0 aliphatic carbocycles. The minimum absolute atomic E-state index is 0.0291. The highest BCUT2D eigenvalue weighted by Gasteiger charge is 2.32. The highest BCUT2D eigenvalue weighted by molar-refractivity contribution is 7.99. The number of unbranched alkanes of at least 4 members (excludes halogenated alkanes) is 1. The molecule has 38 heavy (non-hydrogen) atoms. The molecule has 1 saturated heterocycles. The van der Waals surface area contributed by atoms with E-state index in [-0.39, 0.29) is 24.3 Å². The summed E-state index contributed by atoms with van der Waals surface area (Å²) in [5.41, 5.74) is 1.82. The summed E-state index contributed by atoms with van der Waals surface area (Å²) in [5.74, 6) is 3.03. The summed E-state index contributed by atoms with van der Waals surface area (Å²) < 4.78 is 11.2. The molecule has 2 aromatic carbocycles. The molecule has 0 radical (unpaired) electrons. The molecular formula is C28H37N3O5S2. The van der Waals surface area contributed by atoms with E-state index in [1.807, 2.05) is 30.0 Å². The molecule has 0 atom stereocenters. The second-order valence-corrected chi connectivity index (χ2v) is 11.6. The van der Waals surface area contributed by atoms with Gasteiger partial charge in [0, 0.05) is 70.2 Å². The second-order valence-electron chi connectivity index (χ2n) is 9.19. The number of hydrogen-bond donors (Lipinski definition) is 1. The zero-order valence-corrected chi connectivity index (χ0v) is 23.7. The van der Waals surface area contributed by atoms with E-state index in [1.54, 1.807) is 35.7 Å². The minimum Gasteiger partial charge on any atom is -0.378 e. The molecule has 0 spiro atoms. The average molecular weight is 560 g/mol. The molecule has 0 unspecified atom stereocenters. The van der Waals surface area contributed by atoms with Gasteiger partial charge in [0.1, 0.15) is 0 Å². The van der Waals surface area contributed by atoms with Gasteiger partial charge < -0.3 is 19.7 Å². The first-order chi connectivity index (χ1) is 18.6. The molecule has 0 saturated carbocycles. The van der Waals surface area contributed by atoms with E-state index in [0.717, 1.165) is 46.9 Å². The van der Waals surface area contributed by atoms with Crippen molar-refractivity contribution in [2.75, 3.05) is 80.9 Å². The van der Waals surface area contributed by atoms with Crippen LogP contribution in [0.2, 0.25) is 0 Å². The predicted octanol–water partition coefficient (Wildman–Crippen LogP) is 3.99. The van der Waals surface area contributed by atoms with E-state index in [0.29, 0.717) is 62.6 Å². The van der Waals surface area contributed by atoms with E-state index < -0.39 is 0 Å². The van der Waals surface area contributed by atoms with Crippen LogP contribution in [-0.2, 0) is 14.3 Å². The van der Waals surface area contributed by atoms with Crippen molar-refractivity contribution in [3.63, 3.8) is 0 Å². The zero-order chi connectivity index (χ0) is 26.7. The van der Waals surface area contributed by atoms with Gasteiger partial charge >= 0.3 is 0 Å². The Hall–Kier alpha value is -2.27. The van der Waals surface area contributed by atoms with Crippen molar-refractivity contribution in [3.8, 4) is 0 Å². The van der Waals surface area contributed by atoms with Crippen LogP contribution < -0.4 is 5.32 Å². The maximum Gasteiger partial charge on any atom is 0.261 e. The van der Waals surface area contributed by atoms with Crippen LogP contribution in [0.25, 0.3) is 10.8 Å². The van der Waals surface area contributed by atoms with E-state index in [2.05, 4.69) is 5.32 Å². The number of thioether (sulfide) groups is 2. The number of nitrogens with one attached hydrogen (secondary N) is 1. The van der Waals surface area contributed by atoms with Crippen molar-refractivity contribution >= 4 is 57.7 Å². The van der Waals surface area contributed by atoms with Crippen molar-refractivity contribution in [1.82, 2.24) is 9.80 Å². The van der Waals surface area contributed by atoms with Gasteiger partial charge in [0.25, 0.3) is 11.8 Å². The topological polar surface area (TPSA) is 88.2 Å². The lowest BCUT2D eigenvalue weighted by atomic mass is 9.93. The van der Waals surface area contributed by atoms with Crippen LogP contribution >= 0.6 is 23.5 Å². The Bertz CT molecular complexity index is 1090. The van der Waals surface area contributed by atoms with Crippen molar-refractivity contribution in [1.29, 1.82) is 0 Å².